The molecular formula is C6H7ClO2. The molecule has 1 aliphatic carbocycles. The van der Waals surface area contributed by atoms with Crippen LogP contribution in [0.25, 0.3) is 0 Å². The van der Waals surface area contributed by atoms with Crippen molar-refractivity contribution >= 4 is 17.6 Å². The third-order valence-corrected chi connectivity index (χ3v) is 1.50. The van der Waals surface area contributed by atoms with Crippen LogP contribution in [-0.4, -0.2) is 11.1 Å². The minimum absolute atomic E-state index is 0.0440. The Bertz CT molecular complexity index is 158. The van der Waals surface area contributed by atoms with E-state index in [1.165, 1.54) is 0 Å². The third-order valence-electron chi connectivity index (χ3n) is 1.21. The molecule has 0 heterocycles. The number of hydrogen-bond donors (Lipinski definition) is 1. The molecule has 0 aliphatic heterocycles. The lowest BCUT2D eigenvalue weighted by Gasteiger charge is -1.85. The molecule has 0 aromatic carbocycles. The Balaban J connectivity index is 2.46. The third kappa shape index (κ3) is 2.06. The second-order valence-electron chi connectivity index (χ2n) is 2.16. The maximum absolute atomic E-state index is 10.1. The Labute approximate surface area is 58.1 Å². The second kappa shape index (κ2) is 2.40. The van der Waals surface area contributed by atoms with Crippen LogP contribution in [0.2, 0.25) is 0 Å². The van der Waals surface area contributed by atoms with E-state index in [0.717, 1.165) is 12.8 Å². The zero-order valence-corrected chi connectivity index (χ0v) is 5.56. The van der Waals surface area contributed by atoms with Crippen LogP contribution in [0.3, 0.4) is 0 Å². The summed E-state index contributed by atoms with van der Waals surface area (Å²) in [7, 11) is 0. The van der Waals surface area contributed by atoms with E-state index in [1.54, 1.807) is 6.08 Å². The van der Waals surface area contributed by atoms with Crippen molar-refractivity contribution in [3.05, 3.63) is 11.1 Å². The maximum Gasteiger partial charge on any atom is 0.346 e. The molecule has 0 radical (unpaired) electrons. The van der Waals surface area contributed by atoms with Gasteiger partial charge in [-0.2, -0.15) is 0 Å². The van der Waals surface area contributed by atoms with Crippen molar-refractivity contribution in [2.75, 3.05) is 0 Å². The summed E-state index contributed by atoms with van der Waals surface area (Å²) in [6.07, 6.45) is 3.77. The summed E-state index contributed by atoms with van der Waals surface area (Å²) in [5.74, 6) is -0.586. The summed E-state index contributed by atoms with van der Waals surface area (Å²) in [5, 5.41) is 8.21. The van der Waals surface area contributed by atoms with Gasteiger partial charge in [0.05, 0.1) is 0 Å². The van der Waals surface area contributed by atoms with Crippen LogP contribution in [-0.2, 0) is 4.79 Å². The number of allylic oxidation sites excluding steroid dienone is 1. The molecule has 1 rings (SSSR count). The van der Waals surface area contributed by atoms with Crippen LogP contribution in [0, 0.1) is 5.92 Å². The summed E-state index contributed by atoms with van der Waals surface area (Å²) in [6.45, 7) is 0. The molecular weight excluding hydrogens is 140 g/mol. The number of halogens is 1. The molecule has 0 saturated heterocycles. The van der Waals surface area contributed by atoms with Gasteiger partial charge in [0.15, 0.2) is 0 Å². The minimum atomic E-state index is -1.02. The maximum atomic E-state index is 10.1. The zero-order chi connectivity index (χ0) is 6.85. The predicted octanol–water partition coefficient (Wildman–Crippen LogP) is 1.60. The molecule has 3 heteroatoms. The van der Waals surface area contributed by atoms with Crippen LogP contribution < -0.4 is 0 Å². The van der Waals surface area contributed by atoms with Crippen molar-refractivity contribution in [1.29, 1.82) is 0 Å². The first-order chi connectivity index (χ1) is 4.20. The first kappa shape index (κ1) is 6.62. The molecule has 1 fully saturated rings. The fourth-order valence-electron chi connectivity index (χ4n) is 0.541. The topological polar surface area (TPSA) is 37.3 Å². The Morgan fingerprint density at radius 1 is 1.67 bits per heavy atom. The molecule has 0 atom stereocenters. The monoisotopic (exact) mass is 146 g/mol. The Kier molecular flexibility index (Phi) is 1.76. The number of carboxylic acid groups (broad SMARTS) is 1. The first-order valence-corrected chi connectivity index (χ1v) is 3.18. The molecule has 0 bridgehead atoms. The van der Waals surface area contributed by atoms with Crippen LogP contribution in [0.4, 0.5) is 0 Å². The van der Waals surface area contributed by atoms with Crippen molar-refractivity contribution in [2.24, 2.45) is 5.92 Å². The summed E-state index contributed by atoms with van der Waals surface area (Å²) >= 11 is 5.31. The lowest BCUT2D eigenvalue weighted by atomic mass is 10.4. The molecule has 0 aromatic heterocycles. The van der Waals surface area contributed by atoms with E-state index in [9.17, 15) is 4.79 Å². The van der Waals surface area contributed by atoms with E-state index in [2.05, 4.69) is 0 Å². The summed E-state index contributed by atoms with van der Waals surface area (Å²) in [5.41, 5.74) is 0. The highest BCUT2D eigenvalue weighted by Gasteiger charge is 2.20. The van der Waals surface area contributed by atoms with E-state index in [0.29, 0.717) is 5.92 Å². The van der Waals surface area contributed by atoms with Gasteiger partial charge in [0.2, 0.25) is 0 Å². The standard InChI is InChI=1S/C6H7ClO2/c7-5(6(8)9)3-4-1-2-4/h3-4H,1-2H2,(H,8,9). The fraction of sp³-hybridized carbons (Fsp3) is 0.500. The SMILES string of the molecule is O=C(O)C(Cl)=CC1CC1. The summed E-state index contributed by atoms with van der Waals surface area (Å²) < 4.78 is 0. The van der Waals surface area contributed by atoms with Crippen molar-refractivity contribution in [2.45, 2.75) is 12.8 Å². The smallest absolute Gasteiger partial charge is 0.346 e. The van der Waals surface area contributed by atoms with Gasteiger partial charge in [-0.3, -0.25) is 0 Å². The number of hydrogen-bond acceptors (Lipinski definition) is 1. The molecule has 1 N–H and O–H groups in total. The highest BCUT2D eigenvalue weighted by atomic mass is 35.5. The van der Waals surface area contributed by atoms with E-state index >= 15 is 0 Å². The van der Waals surface area contributed by atoms with E-state index < -0.39 is 5.97 Å². The second-order valence-corrected chi connectivity index (χ2v) is 2.56. The molecule has 0 aromatic rings. The average Bonchev–Trinajstić information content (AvgIpc) is 2.50. The van der Waals surface area contributed by atoms with Gasteiger partial charge in [-0.1, -0.05) is 17.7 Å². The van der Waals surface area contributed by atoms with Gasteiger partial charge in [-0.05, 0) is 18.8 Å². The summed E-state index contributed by atoms with van der Waals surface area (Å²) in [4.78, 5) is 10.1. The lowest BCUT2D eigenvalue weighted by molar-refractivity contribution is -0.131. The Morgan fingerprint density at radius 2 is 2.22 bits per heavy atom. The van der Waals surface area contributed by atoms with Gasteiger partial charge in [0, 0.05) is 0 Å². The first-order valence-electron chi connectivity index (χ1n) is 2.81. The van der Waals surface area contributed by atoms with Gasteiger partial charge in [0.1, 0.15) is 5.03 Å². The minimum Gasteiger partial charge on any atom is -0.477 e. The molecule has 0 amide bonds. The van der Waals surface area contributed by atoms with Gasteiger partial charge in [0.25, 0.3) is 0 Å². The Morgan fingerprint density at radius 3 is 2.56 bits per heavy atom. The molecule has 1 aliphatic rings. The number of carbonyl (C=O) groups is 1. The van der Waals surface area contributed by atoms with Gasteiger partial charge >= 0.3 is 5.97 Å². The van der Waals surface area contributed by atoms with Crippen LogP contribution in [0.15, 0.2) is 11.1 Å². The molecule has 1 saturated carbocycles. The largest absolute Gasteiger partial charge is 0.477 e. The van der Waals surface area contributed by atoms with Gasteiger partial charge < -0.3 is 5.11 Å². The molecule has 0 unspecified atom stereocenters. The molecule has 0 spiro atoms. The van der Waals surface area contributed by atoms with Crippen LogP contribution in [0.5, 0.6) is 0 Å². The van der Waals surface area contributed by atoms with E-state index in [4.69, 9.17) is 16.7 Å². The summed E-state index contributed by atoms with van der Waals surface area (Å²) in [6, 6.07) is 0. The van der Waals surface area contributed by atoms with E-state index in [-0.39, 0.29) is 5.03 Å². The highest BCUT2D eigenvalue weighted by molar-refractivity contribution is 6.40. The quantitative estimate of drug-likeness (QED) is 0.601. The number of aliphatic carboxylic acids is 1. The van der Waals surface area contributed by atoms with Crippen LogP contribution in [0.1, 0.15) is 12.8 Å². The number of rotatable bonds is 2. The average molecular weight is 147 g/mol. The van der Waals surface area contributed by atoms with Crippen molar-refractivity contribution in [3.63, 3.8) is 0 Å². The van der Waals surface area contributed by atoms with Crippen molar-refractivity contribution < 1.29 is 9.90 Å². The highest BCUT2D eigenvalue weighted by Crippen LogP contribution is 2.31. The van der Waals surface area contributed by atoms with Crippen molar-refractivity contribution in [3.8, 4) is 0 Å². The van der Waals surface area contributed by atoms with Gasteiger partial charge in [-0.25, -0.2) is 4.79 Å². The van der Waals surface area contributed by atoms with Crippen LogP contribution >= 0.6 is 11.6 Å². The zero-order valence-electron chi connectivity index (χ0n) is 4.80. The predicted molar refractivity (Wildman–Crippen MR) is 34.3 cm³/mol. The Hall–Kier alpha value is -0.500. The van der Waals surface area contributed by atoms with Gasteiger partial charge in [-0.15, -0.1) is 0 Å². The van der Waals surface area contributed by atoms with Crippen molar-refractivity contribution in [1.82, 2.24) is 0 Å². The lowest BCUT2D eigenvalue weighted by Crippen LogP contribution is -1.93. The molecule has 9 heavy (non-hydrogen) atoms. The molecule has 2 nitrogen and oxygen atoms in total. The molecule has 50 valence electrons. The van der Waals surface area contributed by atoms with E-state index in [1.807, 2.05) is 0 Å². The number of carboxylic acids is 1. The normalized spacial score (nSPS) is 19.9. The fourth-order valence-corrected chi connectivity index (χ4v) is 0.719.